The Labute approximate surface area is 129 Å². The van der Waals surface area contributed by atoms with Crippen molar-refractivity contribution < 1.29 is 0 Å². The summed E-state index contributed by atoms with van der Waals surface area (Å²) in [7, 11) is 0. The number of rotatable bonds is 3. The van der Waals surface area contributed by atoms with Gasteiger partial charge in [0.15, 0.2) is 0 Å². The Balaban J connectivity index is 1.87. The minimum absolute atomic E-state index is 0.660. The van der Waals surface area contributed by atoms with Gasteiger partial charge in [0.2, 0.25) is 0 Å². The van der Waals surface area contributed by atoms with Gasteiger partial charge in [-0.05, 0) is 41.5 Å². The minimum atomic E-state index is 0.660. The summed E-state index contributed by atoms with van der Waals surface area (Å²) in [6, 6.07) is 22.2. The van der Waals surface area contributed by atoms with E-state index in [0.29, 0.717) is 5.02 Å². The van der Waals surface area contributed by atoms with Gasteiger partial charge < -0.3 is 0 Å². The van der Waals surface area contributed by atoms with Gasteiger partial charge in [-0.25, -0.2) is 0 Å². The van der Waals surface area contributed by atoms with Crippen LogP contribution in [0, 0.1) is 0 Å². The largest absolute Gasteiger partial charge is 0.277 e. The van der Waals surface area contributed by atoms with Crippen LogP contribution in [-0.4, -0.2) is 5.71 Å². The van der Waals surface area contributed by atoms with Crippen molar-refractivity contribution in [3.05, 3.63) is 77.3 Å². The summed E-state index contributed by atoms with van der Waals surface area (Å²) in [5, 5.41) is 7.51. The van der Waals surface area contributed by atoms with Crippen LogP contribution in [0.15, 0.2) is 71.8 Å². The molecule has 3 rings (SSSR count). The second kappa shape index (κ2) is 5.98. The zero-order chi connectivity index (χ0) is 14.7. The van der Waals surface area contributed by atoms with E-state index in [0.717, 1.165) is 17.0 Å². The van der Waals surface area contributed by atoms with E-state index in [4.69, 9.17) is 11.6 Å². The van der Waals surface area contributed by atoms with Crippen LogP contribution >= 0.6 is 11.6 Å². The fourth-order valence-corrected chi connectivity index (χ4v) is 2.35. The lowest BCUT2D eigenvalue weighted by molar-refractivity contribution is 1.32. The van der Waals surface area contributed by atoms with Crippen LogP contribution in [0.2, 0.25) is 5.02 Å². The molecule has 3 aromatic rings. The van der Waals surface area contributed by atoms with Gasteiger partial charge in [0.25, 0.3) is 0 Å². The number of hydrazone groups is 1. The second-order valence-electron chi connectivity index (χ2n) is 4.85. The van der Waals surface area contributed by atoms with E-state index < -0.39 is 0 Å². The first-order valence-electron chi connectivity index (χ1n) is 6.78. The van der Waals surface area contributed by atoms with Crippen molar-refractivity contribution in [1.29, 1.82) is 0 Å². The molecule has 0 saturated heterocycles. The first-order valence-corrected chi connectivity index (χ1v) is 7.16. The summed E-state index contributed by atoms with van der Waals surface area (Å²) in [5.41, 5.74) is 5.83. The second-order valence-corrected chi connectivity index (χ2v) is 5.26. The molecular weight excluding hydrogens is 280 g/mol. The van der Waals surface area contributed by atoms with Crippen LogP contribution in [0.5, 0.6) is 0 Å². The molecule has 0 saturated carbocycles. The maximum atomic E-state index is 6.10. The summed E-state index contributed by atoms with van der Waals surface area (Å²) < 4.78 is 0. The molecule has 3 aromatic carbocycles. The van der Waals surface area contributed by atoms with Gasteiger partial charge >= 0.3 is 0 Å². The van der Waals surface area contributed by atoms with Gasteiger partial charge in [-0.15, -0.1) is 0 Å². The Hall–Kier alpha value is -2.32. The third-order valence-corrected chi connectivity index (χ3v) is 3.71. The van der Waals surface area contributed by atoms with Crippen molar-refractivity contribution >= 4 is 33.8 Å². The first-order chi connectivity index (χ1) is 10.2. The minimum Gasteiger partial charge on any atom is -0.277 e. The Bertz CT molecular complexity index is 809. The molecule has 2 nitrogen and oxygen atoms in total. The molecule has 0 amide bonds. The van der Waals surface area contributed by atoms with Crippen LogP contribution in [0.1, 0.15) is 12.5 Å². The summed E-state index contributed by atoms with van der Waals surface area (Å²) in [6.07, 6.45) is 0. The molecule has 0 radical (unpaired) electrons. The third-order valence-electron chi connectivity index (χ3n) is 3.39. The highest BCUT2D eigenvalue weighted by Gasteiger charge is 2.01. The lowest BCUT2D eigenvalue weighted by atomic mass is 10.0. The van der Waals surface area contributed by atoms with Crippen LogP contribution in [-0.2, 0) is 0 Å². The monoisotopic (exact) mass is 294 g/mol. The lowest BCUT2D eigenvalue weighted by Crippen LogP contribution is -2.00. The standard InChI is InChI=1S/C18H15ClN2/c1-13(20-21-18-9-5-4-8-17(18)19)15-11-10-14-6-2-3-7-16(14)12-15/h2-12,21H,1H3/b20-13+. The van der Waals surface area contributed by atoms with E-state index in [-0.39, 0.29) is 0 Å². The van der Waals surface area contributed by atoms with Gasteiger partial charge in [-0.3, -0.25) is 5.43 Å². The average Bonchev–Trinajstić information content (AvgIpc) is 2.53. The Morgan fingerprint density at radius 3 is 2.43 bits per heavy atom. The number of anilines is 1. The van der Waals surface area contributed by atoms with E-state index in [1.165, 1.54) is 10.8 Å². The average molecular weight is 295 g/mol. The van der Waals surface area contributed by atoms with Crippen molar-refractivity contribution in [2.75, 3.05) is 5.43 Å². The molecular formula is C18H15ClN2. The van der Waals surface area contributed by atoms with Crippen LogP contribution in [0.3, 0.4) is 0 Å². The molecule has 3 heteroatoms. The highest BCUT2D eigenvalue weighted by molar-refractivity contribution is 6.33. The quantitative estimate of drug-likeness (QED) is 0.512. The number of para-hydroxylation sites is 1. The van der Waals surface area contributed by atoms with E-state index in [1.54, 1.807) is 0 Å². The predicted octanol–water partition coefficient (Wildman–Crippen LogP) is 5.33. The number of hydrogen-bond acceptors (Lipinski definition) is 2. The molecule has 0 heterocycles. The van der Waals surface area contributed by atoms with Gasteiger partial charge in [-0.2, -0.15) is 5.10 Å². The molecule has 104 valence electrons. The number of halogens is 1. The van der Waals surface area contributed by atoms with E-state index in [2.05, 4.69) is 40.9 Å². The van der Waals surface area contributed by atoms with Crippen LogP contribution < -0.4 is 5.43 Å². The maximum Gasteiger partial charge on any atom is 0.0748 e. The van der Waals surface area contributed by atoms with E-state index in [9.17, 15) is 0 Å². The summed E-state index contributed by atoms with van der Waals surface area (Å²) >= 11 is 6.10. The number of nitrogens with zero attached hydrogens (tertiary/aromatic N) is 1. The first kappa shape index (κ1) is 13.7. The molecule has 0 aliphatic carbocycles. The molecule has 0 bridgehead atoms. The number of fused-ring (bicyclic) bond motifs is 1. The maximum absolute atomic E-state index is 6.10. The number of nitrogens with one attached hydrogen (secondary N) is 1. The van der Waals surface area contributed by atoms with Crippen molar-refractivity contribution in [2.45, 2.75) is 6.92 Å². The molecule has 0 fully saturated rings. The highest BCUT2D eigenvalue weighted by Crippen LogP contribution is 2.21. The fraction of sp³-hybridized carbons (Fsp3) is 0.0556. The highest BCUT2D eigenvalue weighted by atomic mass is 35.5. The van der Waals surface area contributed by atoms with E-state index >= 15 is 0 Å². The molecule has 0 aliphatic heterocycles. The van der Waals surface area contributed by atoms with Crippen LogP contribution in [0.25, 0.3) is 10.8 Å². The predicted molar refractivity (Wildman–Crippen MR) is 91.2 cm³/mol. The van der Waals surface area contributed by atoms with Gasteiger partial charge in [-0.1, -0.05) is 60.1 Å². The molecule has 0 spiro atoms. The van der Waals surface area contributed by atoms with Crippen molar-refractivity contribution in [2.24, 2.45) is 5.10 Å². The van der Waals surface area contributed by atoms with Crippen molar-refractivity contribution in [3.63, 3.8) is 0 Å². The van der Waals surface area contributed by atoms with Crippen LogP contribution in [0.4, 0.5) is 5.69 Å². The normalized spacial score (nSPS) is 11.6. The number of hydrogen-bond donors (Lipinski definition) is 1. The third kappa shape index (κ3) is 3.06. The molecule has 0 atom stereocenters. The van der Waals surface area contributed by atoms with Gasteiger partial charge in [0.05, 0.1) is 16.4 Å². The number of benzene rings is 3. The summed E-state index contributed by atoms with van der Waals surface area (Å²) in [4.78, 5) is 0. The zero-order valence-electron chi connectivity index (χ0n) is 11.7. The smallest absolute Gasteiger partial charge is 0.0748 e. The molecule has 21 heavy (non-hydrogen) atoms. The fourth-order valence-electron chi connectivity index (χ4n) is 2.17. The summed E-state index contributed by atoms with van der Waals surface area (Å²) in [5.74, 6) is 0. The molecule has 1 N–H and O–H groups in total. The van der Waals surface area contributed by atoms with E-state index in [1.807, 2.05) is 43.3 Å². The molecule has 0 unspecified atom stereocenters. The lowest BCUT2D eigenvalue weighted by Gasteiger charge is -2.06. The van der Waals surface area contributed by atoms with Gasteiger partial charge in [0, 0.05) is 0 Å². The topological polar surface area (TPSA) is 24.4 Å². The Kier molecular flexibility index (Phi) is 3.89. The Morgan fingerprint density at radius 1 is 0.905 bits per heavy atom. The van der Waals surface area contributed by atoms with Crippen molar-refractivity contribution in [3.8, 4) is 0 Å². The van der Waals surface area contributed by atoms with Gasteiger partial charge in [0.1, 0.15) is 0 Å². The molecule has 0 aliphatic rings. The SMILES string of the molecule is C/C(=N\Nc1ccccc1Cl)c1ccc2ccccc2c1. The summed E-state index contributed by atoms with van der Waals surface area (Å²) in [6.45, 7) is 1.98. The molecule has 0 aromatic heterocycles. The zero-order valence-corrected chi connectivity index (χ0v) is 12.4. The van der Waals surface area contributed by atoms with Crippen molar-refractivity contribution in [1.82, 2.24) is 0 Å². The Morgan fingerprint density at radius 2 is 1.62 bits per heavy atom.